The molecular formula is C24H43NO. The van der Waals surface area contributed by atoms with Crippen molar-refractivity contribution in [2.75, 3.05) is 7.11 Å². The molecule has 0 aliphatic heterocycles. The van der Waals surface area contributed by atoms with Gasteiger partial charge in [0.05, 0.1) is 6.10 Å². The van der Waals surface area contributed by atoms with E-state index in [-0.39, 0.29) is 0 Å². The summed E-state index contributed by atoms with van der Waals surface area (Å²) in [5, 5.41) is 3.75. The zero-order chi connectivity index (χ0) is 19.4. The number of methoxy groups -OCH3 is 1. The Labute approximate surface area is 162 Å². The summed E-state index contributed by atoms with van der Waals surface area (Å²) in [4.78, 5) is 0. The van der Waals surface area contributed by atoms with E-state index in [0.717, 1.165) is 35.3 Å². The van der Waals surface area contributed by atoms with Crippen molar-refractivity contribution >= 4 is 0 Å². The Hall–Kier alpha value is -0.760. The Kier molecular flexibility index (Phi) is 7.82. The minimum atomic E-state index is 0.358. The van der Waals surface area contributed by atoms with Gasteiger partial charge in [-0.1, -0.05) is 45.9 Å². The van der Waals surface area contributed by atoms with Crippen LogP contribution in [0.25, 0.3) is 0 Å². The number of ether oxygens (including phenoxy) is 1. The van der Waals surface area contributed by atoms with Crippen molar-refractivity contribution in [2.45, 2.75) is 85.3 Å². The average molecular weight is 362 g/mol. The molecule has 8 unspecified atom stereocenters. The Bertz CT molecular complexity index is 485. The Morgan fingerprint density at radius 2 is 1.69 bits per heavy atom. The number of rotatable bonds is 7. The summed E-state index contributed by atoms with van der Waals surface area (Å²) >= 11 is 0. The first kappa shape index (κ1) is 21.5. The lowest BCUT2D eigenvalue weighted by atomic mass is 9.63. The topological polar surface area (TPSA) is 21.3 Å². The molecule has 2 aliphatic rings. The summed E-state index contributed by atoms with van der Waals surface area (Å²) in [7, 11) is 1.87. The van der Waals surface area contributed by atoms with E-state index in [2.05, 4.69) is 53.1 Å². The van der Waals surface area contributed by atoms with Crippen molar-refractivity contribution in [3.8, 4) is 0 Å². The Balaban J connectivity index is 2.13. The molecule has 0 aromatic rings. The van der Waals surface area contributed by atoms with E-state index < -0.39 is 0 Å². The van der Waals surface area contributed by atoms with Gasteiger partial charge in [-0.05, 0) is 75.5 Å². The van der Waals surface area contributed by atoms with E-state index in [0.29, 0.717) is 18.1 Å². The van der Waals surface area contributed by atoms with Gasteiger partial charge < -0.3 is 10.1 Å². The van der Waals surface area contributed by atoms with Gasteiger partial charge in [-0.15, -0.1) is 0 Å². The molecule has 2 aliphatic carbocycles. The van der Waals surface area contributed by atoms with E-state index in [1.54, 1.807) is 0 Å². The van der Waals surface area contributed by atoms with Crippen LogP contribution < -0.4 is 5.32 Å². The van der Waals surface area contributed by atoms with Gasteiger partial charge in [0, 0.05) is 24.8 Å². The maximum absolute atomic E-state index is 5.81. The second kappa shape index (κ2) is 9.44. The molecule has 0 spiro atoms. The second-order valence-electron chi connectivity index (χ2n) is 9.60. The van der Waals surface area contributed by atoms with Crippen molar-refractivity contribution in [3.05, 3.63) is 24.4 Å². The fourth-order valence-corrected chi connectivity index (χ4v) is 5.86. The minimum Gasteiger partial charge on any atom is -0.386 e. The molecule has 0 aromatic carbocycles. The number of hydrogen-bond donors (Lipinski definition) is 1. The summed E-state index contributed by atoms with van der Waals surface area (Å²) in [5.41, 5.74) is 2.42. The van der Waals surface area contributed by atoms with Crippen LogP contribution in [0.1, 0.15) is 73.1 Å². The maximum atomic E-state index is 5.81. The first-order valence-corrected chi connectivity index (χ1v) is 10.9. The van der Waals surface area contributed by atoms with Crippen LogP contribution in [0, 0.1) is 35.5 Å². The van der Waals surface area contributed by atoms with Gasteiger partial charge in [0.1, 0.15) is 0 Å². The van der Waals surface area contributed by atoms with Gasteiger partial charge in [-0.25, -0.2) is 0 Å². The highest BCUT2D eigenvalue weighted by atomic mass is 16.5. The molecule has 2 heteroatoms. The third-order valence-corrected chi connectivity index (χ3v) is 7.41. The smallest absolute Gasteiger partial charge is 0.0639 e. The number of nitrogens with one attached hydrogen (secondary N) is 1. The van der Waals surface area contributed by atoms with Gasteiger partial charge in [0.2, 0.25) is 0 Å². The largest absolute Gasteiger partial charge is 0.386 e. The molecule has 0 aromatic heterocycles. The third-order valence-electron chi connectivity index (χ3n) is 7.41. The highest BCUT2D eigenvalue weighted by Crippen LogP contribution is 2.45. The van der Waals surface area contributed by atoms with Crippen LogP contribution >= 0.6 is 0 Å². The molecule has 1 N–H and O–H groups in total. The van der Waals surface area contributed by atoms with Gasteiger partial charge in [-0.3, -0.25) is 0 Å². The molecule has 2 nitrogen and oxygen atoms in total. The van der Waals surface area contributed by atoms with Crippen LogP contribution in [-0.2, 0) is 4.74 Å². The van der Waals surface area contributed by atoms with E-state index in [9.17, 15) is 0 Å². The molecule has 150 valence electrons. The Morgan fingerprint density at radius 1 is 1.00 bits per heavy atom. The summed E-state index contributed by atoms with van der Waals surface area (Å²) in [6.45, 7) is 20.0. The first-order chi connectivity index (χ1) is 12.3. The monoisotopic (exact) mass is 361 g/mol. The quantitative estimate of drug-likeness (QED) is 0.546. The SMILES string of the molecule is C=C(C)NC1C(C)CC(CC)CC1CC1CC(C(=C)C)C(OC)CC1C. The van der Waals surface area contributed by atoms with E-state index in [1.165, 1.54) is 44.1 Å². The van der Waals surface area contributed by atoms with Crippen LogP contribution in [0.5, 0.6) is 0 Å². The second-order valence-corrected chi connectivity index (χ2v) is 9.60. The lowest BCUT2D eigenvalue weighted by Crippen LogP contribution is -2.47. The molecule has 0 saturated heterocycles. The van der Waals surface area contributed by atoms with E-state index >= 15 is 0 Å². The molecule has 0 amide bonds. The zero-order valence-electron chi connectivity index (χ0n) is 18.2. The molecule has 2 saturated carbocycles. The highest BCUT2D eigenvalue weighted by Gasteiger charge is 2.40. The van der Waals surface area contributed by atoms with Crippen molar-refractivity contribution < 1.29 is 4.74 Å². The van der Waals surface area contributed by atoms with Gasteiger partial charge >= 0.3 is 0 Å². The minimum absolute atomic E-state index is 0.358. The number of allylic oxidation sites excluding steroid dienone is 1. The van der Waals surface area contributed by atoms with Crippen molar-refractivity contribution in [2.24, 2.45) is 35.5 Å². The maximum Gasteiger partial charge on any atom is 0.0639 e. The summed E-state index contributed by atoms with van der Waals surface area (Å²) in [5.74, 6) is 4.43. The van der Waals surface area contributed by atoms with Crippen LogP contribution in [0.3, 0.4) is 0 Å². The zero-order valence-corrected chi connectivity index (χ0v) is 18.2. The molecule has 8 atom stereocenters. The molecule has 0 radical (unpaired) electrons. The van der Waals surface area contributed by atoms with Crippen molar-refractivity contribution in [3.63, 3.8) is 0 Å². The molecule has 2 fully saturated rings. The van der Waals surface area contributed by atoms with Crippen molar-refractivity contribution in [1.82, 2.24) is 5.32 Å². The molecule has 0 bridgehead atoms. The van der Waals surface area contributed by atoms with E-state index in [1.807, 2.05) is 7.11 Å². The van der Waals surface area contributed by atoms with Gasteiger partial charge in [0.15, 0.2) is 0 Å². The summed E-state index contributed by atoms with van der Waals surface area (Å²) < 4.78 is 5.81. The molecule has 2 rings (SSSR count). The van der Waals surface area contributed by atoms with Crippen LogP contribution in [0.2, 0.25) is 0 Å². The summed E-state index contributed by atoms with van der Waals surface area (Å²) in [6.07, 6.45) is 8.18. The average Bonchev–Trinajstić information content (AvgIpc) is 2.58. The standard InChI is InChI=1S/C24H43NO/c1-9-19-10-18(7)24(25-16(4)5)21(12-19)13-20-14-22(15(2)3)23(26-8)11-17(20)6/h17-25H,2,4,9-14H2,1,3,5-8H3. The van der Waals surface area contributed by atoms with Crippen LogP contribution in [0.4, 0.5) is 0 Å². The normalized spacial score (nSPS) is 40.8. The predicted octanol–water partition coefficient (Wildman–Crippen LogP) is 6.19. The van der Waals surface area contributed by atoms with Gasteiger partial charge in [-0.2, -0.15) is 0 Å². The fourth-order valence-electron chi connectivity index (χ4n) is 5.86. The lowest BCUT2D eigenvalue weighted by molar-refractivity contribution is -0.0106. The molecule has 26 heavy (non-hydrogen) atoms. The van der Waals surface area contributed by atoms with Gasteiger partial charge in [0.25, 0.3) is 0 Å². The van der Waals surface area contributed by atoms with Crippen molar-refractivity contribution in [1.29, 1.82) is 0 Å². The lowest BCUT2D eigenvalue weighted by Gasteiger charge is -2.46. The third kappa shape index (κ3) is 5.15. The predicted molar refractivity (Wildman–Crippen MR) is 113 cm³/mol. The highest BCUT2D eigenvalue weighted by molar-refractivity contribution is 5.05. The number of hydrogen-bond acceptors (Lipinski definition) is 2. The molecular weight excluding hydrogens is 318 g/mol. The fraction of sp³-hybridized carbons (Fsp3) is 0.833. The first-order valence-electron chi connectivity index (χ1n) is 10.9. The van der Waals surface area contributed by atoms with Crippen LogP contribution in [-0.4, -0.2) is 19.3 Å². The molecule has 0 heterocycles. The van der Waals surface area contributed by atoms with E-state index in [4.69, 9.17) is 4.74 Å². The summed E-state index contributed by atoms with van der Waals surface area (Å²) in [6, 6.07) is 0.589. The van der Waals surface area contributed by atoms with Crippen LogP contribution in [0.15, 0.2) is 24.4 Å². The Morgan fingerprint density at radius 3 is 2.23 bits per heavy atom.